The molecule has 0 spiro atoms. The quantitative estimate of drug-likeness (QED) is 0.291. The van der Waals surface area contributed by atoms with Gasteiger partial charge in [-0.3, -0.25) is 4.99 Å². The van der Waals surface area contributed by atoms with Gasteiger partial charge >= 0.3 is 0 Å². The third kappa shape index (κ3) is 7.32. The highest BCUT2D eigenvalue weighted by atomic mass is 127. The first kappa shape index (κ1) is 23.2. The Bertz CT molecular complexity index is 576. The van der Waals surface area contributed by atoms with Crippen LogP contribution in [0.25, 0.3) is 0 Å². The minimum absolute atomic E-state index is 0. The minimum atomic E-state index is -3.20. The highest BCUT2D eigenvalue weighted by Gasteiger charge is 2.27. The molecule has 7 nitrogen and oxygen atoms in total. The van der Waals surface area contributed by atoms with Gasteiger partial charge in [0.2, 0.25) is 10.0 Å². The molecule has 0 radical (unpaired) electrons. The summed E-state index contributed by atoms with van der Waals surface area (Å²) >= 11 is 0. The molecule has 2 saturated heterocycles. The van der Waals surface area contributed by atoms with Gasteiger partial charge in [-0.1, -0.05) is 6.42 Å². The summed E-state index contributed by atoms with van der Waals surface area (Å²) in [6.07, 6.45) is 7.41. The Morgan fingerprint density at radius 3 is 2.44 bits per heavy atom. The van der Waals surface area contributed by atoms with Crippen LogP contribution in [0.5, 0.6) is 0 Å². The van der Waals surface area contributed by atoms with E-state index in [1.165, 1.54) is 45.3 Å². The summed E-state index contributed by atoms with van der Waals surface area (Å²) in [5.41, 5.74) is 0. The zero-order valence-corrected chi connectivity index (χ0v) is 19.7. The van der Waals surface area contributed by atoms with Crippen LogP contribution in [0.15, 0.2) is 4.99 Å². The molecule has 0 aromatic rings. The van der Waals surface area contributed by atoms with E-state index in [4.69, 9.17) is 0 Å². The smallest absolute Gasteiger partial charge is 0.213 e. The maximum atomic E-state index is 12.1. The van der Waals surface area contributed by atoms with Gasteiger partial charge in [0.15, 0.2) is 5.96 Å². The predicted molar refractivity (Wildman–Crippen MR) is 121 cm³/mol. The van der Waals surface area contributed by atoms with Crippen molar-refractivity contribution in [3.05, 3.63) is 0 Å². The third-order valence-electron chi connectivity index (χ3n) is 5.98. The normalized spacial score (nSPS) is 24.7. The zero-order valence-electron chi connectivity index (χ0n) is 16.5. The van der Waals surface area contributed by atoms with Crippen molar-refractivity contribution in [3.8, 4) is 0 Å². The second-order valence-corrected chi connectivity index (χ2v) is 9.97. The number of hydrogen-bond donors (Lipinski definition) is 2. The van der Waals surface area contributed by atoms with Crippen LogP contribution in [0.3, 0.4) is 0 Å². The third-order valence-corrected chi connectivity index (χ3v) is 7.33. The lowest BCUT2D eigenvalue weighted by Crippen LogP contribution is -2.43. The van der Waals surface area contributed by atoms with Crippen LogP contribution < -0.4 is 10.0 Å². The molecule has 3 aliphatic rings. The number of hydrogen-bond acceptors (Lipinski definition) is 4. The molecule has 2 aliphatic heterocycles. The van der Waals surface area contributed by atoms with Gasteiger partial charge in [-0.15, -0.1) is 24.0 Å². The van der Waals surface area contributed by atoms with Crippen molar-refractivity contribution in [2.75, 3.05) is 58.6 Å². The van der Waals surface area contributed by atoms with Crippen LogP contribution in [0, 0.1) is 11.8 Å². The highest BCUT2D eigenvalue weighted by molar-refractivity contribution is 14.0. The summed E-state index contributed by atoms with van der Waals surface area (Å²) in [5, 5.41) is 3.24. The fourth-order valence-corrected chi connectivity index (χ4v) is 5.15. The van der Waals surface area contributed by atoms with Gasteiger partial charge in [-0.2, -0.15) is 0 Å². The second-order valence-electron chi connectivity index (χ2n) is 8.05. The lowest BCUT2D eigenvalue weighted by atomic mass is 9.86. The van der Waals surface area contributed by atoms with E-state index >= 15 is 0 Å². The Morgan fingerprint density at radius 1 is 1.07 bits per heavy atom. The second kappa shape index (κ2) is 11.2. The molecule has 158 valence electrons. The van der Waals surface area contributed by atoms with Crippen molar-refractivity contribution in [2.24, 2.45) is 16.8 Å². The molecule has 3 fully saturated rings. The number of likely N-dealkylation sites (tertiary alicyclic amines) is 2. The standard InChI is InChI=1S/C18H35N5O2S.HI/c1-19-18(20-8-12-26(24,25)21-13-16-5-4-6-16)23-11-7-17(15-23)14-22-9-2-3-10-22;/h16-17,21H,2-15H2,1H3,(H,19,20);1H. The summed E-state index contributed by atoms with van der Waals surface area (Å²) in [6.45, 7) is 6.70. The molecule has 0 amide bonds. The van der Waals surface area contributed by atoms with Crippen LogP contribution >= 0.6 is 24.0 Å². The first-order chi connectivity index (χ1) is 12.6. The molecular formula is C18H36IN5O2S. The van der Waals surface area contributed by atoms with Gasteiger partial charge in [0.05, 0.1) is 5.75 Å². The fraction of sp³-hybridized carbons (Fsp3) is 0.944. The Hall–Kier alpha value is -0.130. The van der Waals surface area contributed by atoms with Crippen molar-refractivity contribution in [2.45, 2.75) is 38.5 Å². The molecule has 0 aromatic heterocycles. The summed E-state index contributed by atoms with van der Waals surface area (Å²) in [5.74, 6) is 2.18. The number of guanidine groups is 1. The van der Waals surface area contributed by atoms with Gasteiger partial charge in [-0.05, 0) is 57.0 Å². The molecule has 3 rings (SSSR count). The molecule has 0 bridgehead atoms. The van der Waals surface area contributed by atoms with Gasteiger partial charge in [-0.25, -0.2) is 13.1 Å². The van der Waals surface area contributed by atoms with Crippen molar-refractivity contribution in [3.63, 3.8) is 0 Å². The summed E-state index contributed by atoms with van der Waals surface area (Å²) in [6, 6.07) is 0. The average Bonchev–Trinajstić information content (AvgIpc) is 3.22. The number of nitrogens with zero attached hydrogens (tertiary/aromatic N) is 3. The van der Waals surface area contributed by atoms with Gasteiger partial charge in [0.25, 0.3) is 0 Å². The summed E-state index contributed by atoms with van der Waals surface area (Å²) in [7, 11) is -1.42. The predicted octanol–water partition coefficient (Wildman–Crippen LogP) is 1.32. The maximum absolute atomic E-state index is 12.1. The van der Waals surface area contributed by atoms with Crippen molar-refractivity contribution in [1.29, 1.82) is 0 Å². The SMILES string of the molecule is CN=C(NCCS(=O)(=O)NCC1CCC1)N1CCC(CN2CCCC2)C1.I. The molecular weight excluding hydrogens is 477 g/mol. The van der Waals surface area contributed by atoms with E-state index in [0.717, 1.165) is 31.9 Å². The molecule has 2 heterocycles. The summed E-state index contributed by atoms with van der Waals surface area (Å²) in [4.78, 5) is 9.20. The Labute approximate surface area is 181 Å². The minimum Gasteiger partial charge on any atom is -0.355 e. The van der Waals surface area contributed by atoms with Crippen LogP contribution in [-0.4, -0.2) is 82.8 Å². The van der Waals surface area contributed by atoms with E-state index in [9.17, 15) is 8.42 Å². The van der Waals surface area contributed by atoms with E-state index in [0.29, 0.717) is 24.9 Å². The number of halogens is 1. The topological polar surface area (TPSA) is 77.0 Å². The van der Waals surface area contributed by atoms with Gasteiger partial charge in [0, 0.05) is 39.8 Å². The fourth-order valence-electron chi connectivity index (χ4n) is 4.15. The van der Waals surface area contributed by atoms with Crippen molar-refractivity contribution >= 4 is 40.0 Å². The lowest BCUT2D eigenvalue weighted by Gasteiger charge is -2.25. The van der Waals surface area contributed by atoms with E-state index in [-0.39, 0.29) is 29.7 Å². The Morgan fingerprint density at radius 2 is 1.81 bits per heavy atom. The Balaban J connectivity index is 0.00000261. The zero-order chi connectivity index (χ0) is 18.4. The molecule has 2 N–H and O–H groups in total. The molecule has 1 saturated carbocycles. The van der Waals surface area contributed by atoms with E-state index in [1.54, 1.807) is 7.05 Å². The summed E-state index contributed by atoms with van der Waals surface area (Å²) < 4.78 is 26.9. The van der Waals surface area contributed by atoms with Crippen LogP contribution in [0.1, 0.15) is 38.5 Å². The number of aliphatic imine (C=N–C) groups is 1. The van der Waals surface area contributed by atoms with Crippen LogP contribution in [-0.2, 0) is 10.0 Å². The first-order valence-electron chi connectivity index (χ1n) is 10.2. The van der Waals surface area contributed by atoms with E-state index in [1.807, 2.05) is 0 Å². The van der Waals surface area contributed by atoms with E-state index in [2.05, 4.69) is 24.8 Å². The van der Waals surface area contributed by atoms with Gasteiger partial charge < -0.3 is 15.1 Å². The largest absolute Gasteiger partial charge is 0.355 e. The molecule has 1 unspecified atom stereocenters. The Kier molecular flexibility index (Phi) is 9.57. The van der Waals surface area contributed by atoms with E-state index < -0.39 is 10.0 Å². The lowest BCUT2D eigenvalue weighted by molar-refractivity contribution is 0.281. The monoisotopic (exact) mass is 513 g/mol. The number of rotatable bonds is 8. The van der Waals surface area contributed by atoms with Gasteiger partial charge in [0.1, 0.15) is 0 Å². The van der Waals surface area contributed by atoms with Crippen molar-refractivity contribution < 1.29 is 8.42 Å². The van der Waals surface area contributed by atoms with Crippen molar-refractivity contribution in [1.82, 2.24) is 19.8 Å². The van der Waals surface area contributed by atoms with Crippen LogP contribution in [0.4, 0.5) is 0 Å². The molecule has 1 atom stereocenters. The maximum Gasteiger partial charge on any atom is 0.213 e. The highest BCUT2D eigenvalue weighted by Crippen LogP contribution is 2.25. The number of nitrogens with one attached hydrogen (secondary N) is 2. The molecule has 1 aliphatic carbocycles. The number of sulfonamides is 1. The average molecular weight is 513 g/mol. The molecule has 27 heavy (non-hydrogen) atoms. The first-order valence-corrected chi connectivity index (χ1v) is 11.9. The molecule has 0 aromatic carbocycles. The molecule has 9 heteroatoms. The van der Waals surface area contributed by atoms with Crippen LogP contribution in [0.2, 0.25) is 0 Å².